The average molecular weight is 512 g/mol. The number of amides is 1. The van der Waals surface area contributed by atoms with E-state index in [0.717, 1.165) is 5.56 Å². The SMILES string of the molecule is CC1(NS(=O)(=O)c2ccc(CC(=O)[C@H](Cc3ccccc3)NC(=O)c3ccc(F)cc3)cn2)COC1. The number of ketones is 1. The van der Waals surface area contributed by atoms with E-state index in [1.54, 1.807) is 6.92 Å². The van der Waals surface area contributed by atoms with Gasteiger partial charge in [0, 0.05) is 18.2 Å². The van der Waals surface area contributed by atoms with Gasteiger partial charge in [0.15, 0.2) is 10.8 Å². The van der Waals surface area contributed by atoms with Crippen LogP contribution >= 0.6 is 0 Å². The number of hydrogen-bond acceptors (Lipinski definition) is 6. The van der Waals surface area contributed by atoms with E-state index in [2.05, 4.69) is 15.0 Å². The first-order valence-electron chi connectivity index (χ1n) is 11.3. The lowest BCUT2D eigenvalue weighted by molar-refractivity contribution is -0.120. The summed E-state index contributed by atoms with van der Waals surface area (Å²) in [6, 6.07) is 16.3. The molecule has 0 radical (unpaired) electrons. The molecule has 1 fully saturated rings. The van der Waals surface area contributed by atoms with Crippen molar-refractivity contribution >= 4 is 21.7 Å². The van der Waals surface area contributed by atoms with Crippen LogP contribution in [0.25, 0.3) is 0 Å². The summed E-state index contributed by atoms with van der Waals surface area (Å²) in [4.78, 5) is 30.0. The number of hydrogen-bond donors (Lipinski definition) is 2. The predicted octanol–water partition coefficient (Wildman–Crippen LogP) is 2.44. The standard InChI is InChI=1S/C26H26FN3O5S/c1-26(16-35-17-26)30-36(33,34)24-12-7-19(15-28-24)14-23(31)22(13-18-5-3-2-4-6-18)29-25(32)20-8-10-21(27)11-9-20/h2-12,15,22,30H,13-14,16-17H2,1H3,(H,29,32)/t22-/m0/s1. The molecule has 1 aromatic heterocycles. The Balaban J connectivity index is 1.47. The van der Waals surface area contributed by atoms with Gasteiger partial charge < -0.3 is 10.1 Å². The van der Waals surface area contributed by atoms with Crippen LogP contribution in [-0.4, -0.2) is 49.9 Å². The molecule has 3 aromatic rings. The van der Waals surface area contributed by atoms with E-state index in [1.807, 2.05) is 30.3 Å². The second kappa shape index (κ2) is 10.7. The molecule has 1 atom stereocenters. The highest BCUT2D eigenvalue weighted by atomic mass is 32.2. The van der Waals surface area contributed by atoms with E-state index in [9.17, 15) is 22.4 Å². The van der Waals surface area contributed by atoms with Crippen molar-refractivity contribution in [1.82, 2.24) is 15.0 Å². The zero-order chi connectivity index (χ0) is 25.8. The number of benzene rings is 2. The van der Waals surface area contributed by atoms with Gasteiger partial charge in [0.25, 0.3) is 15.9 Å². The van der Waals surface area contributed by atoms with Gasteiger partial charge >= 0.3 is 0 Å². The molecule has 4 rings (SSSR count). The first-order valence-corrected chi connectivity index (χ1v) is 12.8. The molecule has 0 spiro atoms. The van der Waals surface area contributed by atoms with Crippen LogP contribution in [0.2, 0.25) is 0 Å². The molecular formula is C26H26FN3O5S. The van der Waals surface area contributed by atoms with Gasteiger partial charge in [-0.05, 0) is 54.8 Å². The molecule has 1 aliphatic heterocycles. The maximum atomic E-state index is 13.2. The molecule has 1 saturated heterocycles. The molecule has 10 heteroatoms. The quantitative estimate of drug-likeness (QED) is 0.432. The molecule has 8 nitrogen and oxygen atoms in total. The van der Waals surface area contributed by atoms with Crippen molar-refractivity contribution in [2.75, 3.05) is 13.2 Å². The van der Waals surface area contributed by atoms with Crippen molar-refractivity contribution in [2.45, 2.75) is 36.4 Å². The Hall–Kier alpha value is -3.47. The second-order valence-electron chi connectivity index (χ2n) is 9.03. The van der Waals surface area contributed by atoms with Gasteiger partial charge in [-0.25, -0.2) is 17.8 Å². The number of halogens is 1. The third kappa shape index (κ3) is 6.39. The highest BCUT2D eigenvalue weighted by Gasteiger charge is 2.38. The van der Waals surface area contributed by atoms with Crippen LogP contribution in [0.3, 0.4) is 0 Å². The van der Waals surface area contributed by atoms with Crippen LogP contribution < -0.4 is 10.0 Å². The van der Waals surface area contributed by atoms with Crippen molar-refractivity contribution in [3.63, 3.8) is 0 Å². The molecule has 1 amide bonds. The van der Waals surface area contributed by atoms with Crippen molar-refractivity contribution in [3.05, 3.63) is 95.4 Å². The van der Waals surface area contributed by atoms with Crippen LogP contribution in [0, 0.1) is 5.82 Å². The Morgan fingerprint density at radius 1 is 1.03 bits per heavy atom. The van der Waals surface area contributed by atoms with Crippen LogP contribution in [0.15, 0.2) is 78.0 Å². The summed E-state index contributed by atoms with van der Waals surface area (Å²) < 4.78 is 46.1. The van der Waals surface area contributed by atoms with E-state index in [1.165, 1.54) is 42.6 Å². The monoisotopic (exact) mass is 511 g/mol. The van der Waals surface area contributed by atoms with E-state index < -0.39 is 33.3 Å². The van der Waals surface area contributed by atoms with E-state index >= 15 is 0 Å². The highest BCUT2D eigenvalue weighted by Crippen LogP contribution is 2.19. The number of nitrogens with zero attached hydrogens (tertiary/aromatic N) is 1. The lowest BCUT2D eigenvalue weighted by Gasteiger charge is -2.38. The summed E-state index contributed by atoms with van der Waals surface area (Å²) in [5.74, 6) is -1.24. The summed E-state index contributed by atoms with van der Waals surface area (Å²) in [5.41, 5.74) is 0.930. The summed E-state index contributed by atoms with van der Waals surface area (Å²) in [5, 5.41) is 2.59. The summed E-state index contributed by atoms with van der Waals surface area (Å²) in [6.07, 6.45) is 1.54. The second-order valence-corrected chi connectivity index (χ2v) is 10.7. The maximum Gasteiger partial charge on any atom is 0.258 e. The Morgan fingerprint density at radius 2 is 1.72 bits per heavy atom. The number of Topliss-reactive ketones (excluding diaryl/α,β-unsaturated/α-hetero) is 1. The Kier molecular flexibility index (Phi) is 7.58. The Bertz CT molecular complexity index is 1330. The molecule has 0 aliphatic carbocycles. The Morgan fingerprint density at radius 3 is 2.31 bits per heavy atom. The Labute approximate surface area is 209 Å². The van der Waals surface area contributed by atoms with E-state index in [-0.39, 0.29) is 42.4 Å². The molecule has 188 valence electrons. The molecule has 0 bridgehead atoms. The fraction of sp³-hybridized carbons (Fsp3) is 0.269. The van der Waals surface area contributed by atoms with Gasteiger partial charge in [-0.2, -0.15) is 4.72 Å². The topological polar surface area (TPSA) is 114 Å². The van der Waals surface area contributed by atoms with E-state index in [0.29, 0.717) is 5.56 Å². The maximum absolute atomic E-state index is 13.2. The fourth-order valence-electron chi connectivity index (χ4n) is 3.78. The minimum atomic E-state index is -3.84. The summed E-state index contributed by atoms with van der Waals surface area (Å²) >= 11 is 0. The fourth-order valence-corrected chi connectivity index (χ4v) is 5.09. The molecule has 2 N–H and O–H groups in total. The van der Waals surface area contributed by atoms with Gasteiger partial charge in [-0.1, -0.05) is 36.4 Å². The molecular weight excluding hydrogens is 485 g/mol. The molecule has 1 aliphatic rings. The molecule has 2 aromatic carbocycles. The van der Waals surface area contributed by atoms with E-state index in [4.69, 9.17) is 4.74 Å². The number of sulfonamides is 1. The largest absolute Gasteiger partial charge is 0.377 e. The first kappa shape index (κ1) is 25.6. The number of pyridine rings is 1. The summed E-state index contributed by atoms with van der Waals surface area (Å²) in [6.45, 7) is 2.31. The highest BCUT2D eigenvalue weighted by molar-refractivity contribution is 7.89. The minimum Gasteiger partial charge on any atom is -0.377 e. The number of rotatable bonds is 10. The van der Waals surface area contributed by atoms with Crippen molar-refractivity contribution in [2.24, 2.45) is 0 Å². The van der Waals surface area contributed by atoms with Crippen LogP contribution in [-0.2, 0) is 32.4 Å². The van der Waals surface area contributed by atoms with Crippen molar-refractivity contribution in [3.8, 4) is 0 Å². The third-order valence-electron chi connectivity index (χ3n) is 5.76. The number of aromatic nitrogens is 1. The van der Waals surface area contributed by atoms with Crippen molar-refractivity contribution < 1.29 is 27.1 Å². The molecule has 0 unspecified atom stereocenters. The molecule has 2 heterocycles. The molecule has 36 heavy (non-hydrogen) atoms. The zero-order valence-electron chi connectivity index (χ0n) is 19.6. The number of ether oxygens (including phenoxy) is 1. The van der Waals surface area contributed by atoms with Gasteiger partial charge in [-0.3, -0.25) is 9.59 Å². The smallest absolute Gasteiger partial charge is 0.258 e. The number of carbonyl (C=O) groups excluding carboxylic acids is 2. The van der Waals surface area contributed by atoms with Crippen molar-refractivity contribution in [1.29, 1.82) is 0 Å². The lowest BCUT2D eigenvalue weighted by atomic mass is 9.98. The third-order valence-corrected chi connectivity index (χ3v) is 7.31. The number of carbonyl (C=O) groups is 2. The number of nitrogens with one attached hydrogen (secondary N) is 2. The predicted molar refractivity (Wildman–Crippen MR) is 130 cm³/mol. The van der Waals surface area contributed by atoms with Crippen LogP contribution in [0.1, 0.15) is 28.4 Å². The van der Waals surface area contributed by atoms with Crippen LogP contribution in [0.4, 0.5) is 4.39 Å². The summed E-state index contributed by atoms with van der Waals surface area (Å²) in [7, 11) is -3.84. The van der Waals surface area contributed by atoms with Gasteiger partial charge in [-0.15, -0.1) is 0 Å². The lowest BCUT2D eigenvalue weighted by Crippen LogP contribution is -2.59. The van der Waals surface area contributed by atoms with Gasteiger partial charge in [0.1, 0.15) is 5.82 Å². The first-order chi connectivity index (χ1) is 17.1. The van der Waals surface area contributed by atoms with Gasteiger partial charge in [0.2, 0.25) is 0 Å². The van der Waals surface area contributed by atoms with Crippen LogP contribution in [0.5, 0.6) is 0 Å². The normalized spacial score (nSPS) is 15.5. The minimum absolute atomic E-state index is 0.0620. The molecule has 0 saturated carbocycles. The zero-order valence-corrected chi connectivity index (χ0v) is 20.4. The van der Waals surface area contributed by atoms with Gasteiger partial charge in [0.05, 0.1) is 24.8 Å². The average Bonchev–Trinajstić information content (AvgIpc) is 2.84.